The van der Waals surface area contributed by atoms with Crippen molar-refractivity contribution in [2.75, 3.05) is 61.9 Å². The molecule has 0 aliphatic carbocycles. The van der Waals surface area contributed by atoms with Gasteiger partial charge in [0.05, 0.1) is 7.11 Å². The predicted octanol–water partition coefficient (Wildman–Crippen LogP) is 4.85. The van der Waals surface area contributed by atoms with Gasteiger partial charge in [0.15, 0.2) is 0 Å². The number of amides is 4. The van der Waals surface area contributed by atoms with Crippen molar-refractivity contribution in [2.45, 2.75) is 20.3 Å². The molecule has 0 spiro atoms. The summed E-state index contributed by atoms with van der Waals surface area (Å²) < 4.78 is 5.16. The topological polar surface area (TPSA) is 94.2 Å². The Kier molecular flexibility index (Phi) is 9.62. The van der Waals surface area contributed by atoms with Crippen LogP contribution in [-0.4, -0.2) is 74.0 Å². The standard InChI is InChI=1S/C31H37N5O4/c1-4-17-36(30(38)24-7-5-23(2)6-8-24)22-29(37)32-25-9-13-27(14-10-25)34-18-20-35(21-19-34)31(39)33-26-11-15-28(40-3)16-12-26/h5-16H,4,17-22H2,1-3H3,(H,32,37)(H,33,39). The molecule has 0 atom stereocenters. The Morgan fingerprint density at radius 3 is 2.02 bits per heavy atom. The maximum atomic E-state index is 12.9. The molecule has 2 N–H and O–H groups in total. The van der Waals surface area contributed by atoms with Crippen molar-refractivity contribution in [1.82, 2.24) is 9.80 Å². The molecule has 1 saturated heterocycles. The zero-order valence-corrected chi connectivity index (χ0v) is 23.4. The van der Waals surface area contributed by atoms with Crippen LogP contribution in [0.4, 0.5) is 21.9 Å². The summed E-state index contributed by atoms with van der Waals surface area (Å²) in [6, 6.07) is 22.2. The molecule has 0 bridgehead atoms. The van der Waals surface area contributed by atoms with E-state index in [-0.39, 0.29) is 24.4 Å². The van der Waals surface area contributed by atoms with Crippen LogP contribution in [0.1, 0.15) is 29.3 Å². The predicted molar refractivity (Wildman–Crippen MR) is 158 cm³/mol. The zero-order chi connectivity index (χ0) is 28.5. The fourth-order valence-corrected chi connectivity index (χ4v) is 4.58. The second-order valence-electron chi connectivity index (χ2n) is 9.82. The molecule has 0 radical (unpaired) electrons. The molecule has 9 heteroatoms. The Hall–Kier alpha value is -4.53. The van der Waals surface area contributed by atoms with E-state index in [4.69, 9.17) is 4.74 Å². The molecule has 40 heavy (non-hydrogen) atoms. The van der Waals surface area contributed by atoms with Gasteiger partial charge in [-0.15, -0.1) is 0 Å². The third-order valence-corrected chi connectivity index (χ3v) is 6.84. The van der Waals surface area contributed by atoms with Crippen molar-refractivity contribution in [2.24, 2.45) is 0 Å². The summed E-state index contributed by atoms with van der Waals surface area (Å²) in [5.41, 5.74) is 4.08. The van der Waals surface area contributed by atoms with Crippen LogP contribution in [0.25, 0.3) is 0 Å². The van der Waals surface area contributed by atoms with E-state index in [2.05, 4.69) is 15.5 Å². The van der Waals surface area contributed by atoms with E-state index in [0.29, 0.717) is 44.0 Å². The molecule has 0 aromatic heterocycles. The van der Waals surface area contributed by atoms with Crippen LogP contribution >= 0.6 is 0 Å². The van der Waals surface area contributed by atoms with Gasteiger partial charge in [0, 0.05) is 55.3 Å². The molecule has 1 aliphatic rings. The van der Waals surface area contributed by atoms with E-state index in [1.165, 1.54) is 0 Å². The van der Waals surface area contributed by atoms with Crippen molar-refractivity contribution in [3.8, 4) is 5.75 Å². The van der Waals surface area contributed by atoms with Crippen LogP contribution in [0.3, 0.4) is 0 Å². The highest BCUT2D eigenvalue weighted by atomic mass is 16.5. The summed E-state index contributed by atoms with van der Waals surface area (Å²) in [5.74, 6) is 0.353. The number of urea groups is 1. The van der Waals surface area contributed by atoms with Crippen molar-refractivity contribution in [1.29, 1.82) is 0 Å². The first-order valence-corrected chi connectivity index (χ1v) is 13.6. The number of carbonyl (C=O) groups excluding carboxylic acids is 3. The molecule has 1 fully saturated rings. The van der Waals surface area contributed by atoms with Gasteiger partial charge in [0.1, 0.15) is 12.3 Å². The lowest BCUT2D eigenvalue weighted by molar-refractivity contribution is -0.116. The molecule has 210 valence electrons. The highest BCUT2D eigenvalue weighted by Crippen LogP contribution is 2.21. The minimum atomic E-state index is -0.238. The number of aryl methyl sites for hydroxylation is 1. The lowest BCUT2D eigenvalue weighted by Gasteiger charge is -2.36. The summed E-state index contributed by atoms with van der Waals surface area (Å²) in [7, 11) is 1.61. The molecule has 4 rings (SSSR count). The Labute approximate surface area is 235 Å². The molecule has 3 aromatic rings. The summed E-state index contributed by atoms with van der Waals surface area (Å²) in [4.78, 5) is 44.0. The molecule has 0 saturated carbocycles. The maximum Gasteiger partial charge on any atom is 0.321 e. The van der Waals surface area contributed by atoms with Crippen LogP contribution in [-0.2, 0) is 4.79 Å². The fourth-order valence-electron chi connectivity index (χ4n) is 4.58. The van der Waals surface area contributed by atoms with Crippen LogP contribution in [0, 0.1) is 6.92 Å². The molecule has 3 aromatic carbocycles. The molecular formula is C31H37N5O4. The first-order valence-electron chi connectivity index (χ1n) is 13.6. The van der Waals surface area contributed by atoms with Gasteiger partial charge in [-0.2, -0.15) is 0 Å². The van der Waals surface area contributed by atoms with Gasteiger partial charge >= 0.3 is 6.03 Å². The van der Waals surface area contributed by atoms with Gasteiger partial charge < -0.3 is 30.1 Å². The van der Waals surface area contributed by atoms with Gasteiger partial charge in [-0.25, -0.2) is 4.79 Å². The van der Waals surface area contributed by atoms with Crippen molar-refractivity contribution in [3.05, 3.63) is 83.9 Å². The summed E-state index contributed by atoms with van der Waals surface area (Å²) >= 11 is 0. The highest BCUT2D eigenvalue weighted by molar-refractivity contribution is 5.99. The number of nitrogens with zero attached hydrogens (tertiary/aromatic N) is 3. The Morgan fingerprint density at radius 1 is 0.825 bits per heavy atom. The second kappa shape index (κ2) is 13.5. The molecule has 4 amide bonds. The summed E-state index contributed by atoms with van der Waals surface area (Å²) in [5, 5.41) is 5.84. The quantitative estimate of drug-likeness (QED) is 0.403. The minimum absolute atomic E-state index is 0.0111. The van der Waals surface area contributed by atoms with Gasteiger partial charge in [-0.05, 0) is 74.0 Å². The van der Waals surface area contributed by atoms with E-state index in [1.807, 2.05) is 74.5 Å². The number of hydrogen-bond donors (Lipinski definition) is 2. The first kappa shape index (κ1) is 28.5. The van der Waals surface area contributed by atoms with E-state index in [0.717, 1.165) is 29.1 Å². The van der Waals surface area contributed by atoms with Crippen LogP contribution in [0.5, 0.6) is 5.75 Å². The minimum Gasteiger partial charge on any atom is -0.497 e. The number of methoxy groups -OCH3 is 1. The number of anilines is 3. The highest BCUT2D eigenvalue weighted by Gasteiger charge is 2.22. The maximum absolute atomic E-state index is 12.9. The van der Waals surface area contributed by atoms with E-state index in [1.54, 1.807) is 29.0 Å². The molecule has 1 aliphatic heterocycles. The smallest absolute Gasteiger partial charge is 0.321 e. The number of hydrogen-bond acceptors (Lipinski definition) is 5. The van der Waals surface area contributed by atoms with Gasteiger partial charge in [-0.3, -0.25) is 9.59 Å². The molecule has 9 nitrogen and oxygen atoms in total. The lowest BCUT2D eigenvalue weighted by Crippen LogP contribution is -2.50. The van der Waals surface area contributed by atoms with E-state index in [9.17, 15) is 14.4 Å². The number of ether oxygens (including phenoxy) is 1. The summed E-state index contributed by atoms with van der Waals surface area (Å²) in [6.45, 7) is 7.06. The zero-order valence-electron chi connectivity index (χ0n) is 23.4. The third-order valence-electron chi connectivity index (χ3n) is 6.84. The van der Waals surface area contributed by atoms with Crippen LogP contribution < -0.4 is 20.3 Å². The fraction of sp³-hybridized carbons (Fsp3) is 0.323. The van der Waals surface area contributed by atoms with Crippen LogP contribution in [0.2, 0.25) is 0 Å². The Balaban J connectivity index is 1.26. The largest absolute Gasteiger partial charge is 0.497 e. The molecular weight excluding hydrogens is 506 g/mol. The summed E-state index contributed by atoms with van der Waals surface area (Å²) in [6.07, 6.45) is 0.760. The third kappa shape index (κ3) is 7.53. The second-order valence-corrected chi connectivity index (χ2v) is 9.82. The van der Waals surface area contributed by atoms with Crippen molar-refractivity contribution >= 4 is 34.9 Å². The van der Waals surface area contributed by atoms with Gasteiger partial charge in [0.25, 0.3) is 5.91 Å². The Morgan fingerprint density at radius 2 is 1.43 bits per heavy atom. The normalized spacial score (nSPS) is 13.0. The van der Waals surface area contributed by atoms with Crippen molar-refractivity contribution < 1.29 is 19.1 Å². The van der Waals surface area contributed by atoms with Gasteiger partial charge in [0.2, 0.25) is 5.91 Å². The number of rotatable bonds is 9. The molecule has 0 unspecified atom stereocenters. The average Bonchev–Trinajstić information content (AvgIpc) is 2.98. The monoisotopic (exact) mass is 543 g/mol. The van der Waals surface area contributed by atoms with E-state index < -0.39 is 0 Å². The lowest BCUT2D eigenvalue weighted by atomic mass is 10.1. The molecule has 1 heterocycles. The average molecular weight is 544 g/mol. The van der Waals surface area contributed by atoms with Gasteiger partial charge in [-0.1, -0.05) is 24.6 Å². The SMILES string of the molecule is CCCN(CC(=O)Nc1ccc(N2CCN(C(=O)Nc3ccc(OC)cc3)CC2)cc1)C(=O)c1ccc(C)cc1. The number of piperazine rings is 1. The first-order chi connectivity index (χ1) is 19.4. The number of benzene rings is 3. The van der Waals surface area contributed by atoms with E-state index >= 15 is 0 Å². The Bertz CT molecular complexity index is 1280. The number of nitrogens with one attached hydrogen (secondary N) is 2. The van der Waals surface area contributed by atoms with Crippen molar-refractivity contribution in [3.63, 3.8) is 0 Å². The van der Waals surface area contributed by atoms with Crippen LogP contribution in [0.15, 0.2) is 72.8 Å². The number of carbonyl (C=O) groups is 3.